The van der Waals surface area contributed by atoms with Crippen molar-refractivity contribution in [2.75, 3.05) is 24.6 Å². The highest BCUT2D eigenvalue weighted by Gasteiger charge is 2.44. The highest BCUT2D eigenvalue weighted by atomic mass is 19.3. The van der Waals surface area contributed by atoms with E-state index in [9.17, 15) is 27.5 Å². The highest BCUT2D eigenvalue weighted by Crippen LogP contribution is 2.45. The van der Waals surface area contributed by atoms with Gasteiger partial charge < -0.3 is 14.7 Å². The molecule has 2 aliphatic rings. The van der Waals surface area contributed by atoms with Gasteiger partial charge in [0.2, 0.25) is 0 Å². The second-order valence-electron chi connectivity index (χ2n) is 11.3. The van der Waals surface area contributed by atoms with Crippen molar-refractivity contribution in [3.05, 3.63) is 54.6 Å². The quantitative estimate of drug-likeness (QED) is 0.227. The van der Waals surface area contributed by atoms with Crippen LogP contribution in [-0.4, -0.2) is 57.1 Å². The van der Waals surface area contributed by atoms with Crippen molar-refractivity contribution in [3.63, 3.8) is 0 Å². The number of benzene rings is 1. The Morgan fingerprint density at radius 3 is 2.54 bits per heavy atom. The Labute approximate surface area is 235 Å². The summed E-state index contributed by atoms with van der Waals surface area (Å²) in [6.45, 7) is 6.20. The molecule has 3 atom stereocenters. The molecule has 220 valence electrons. The minimum absolute atomic E-state index is 0.0154. The van der Waals surface area contributed by atoms with Crippen LogP contribution in [0.4, 0.5) is 23.2 Å². The fraction of sp³-hybridized carbons (Fsp3) is 0.500. The van der Waals surface area contributed by atoms with Crippen molar-refractivity contribution in [2.24, 2.45) is 11.8 Å². The van der Waals surface area contributed by atoms with Gasteiger partial charge in [-0.15, -0.1) is 0 Å². The number of carbonyl (C=O) groups is 1. The summed E-state index contributed by atoms with van der Waals surface area (Å²) in [4.78, 5) is 18.8. The standard InChI is InChI=1S/C30H34F4N4O3/c1-4-12-30(33,34)41-22-8-6-21(7-9-22)38-28-25(24(11-13-35-28)37-15-29(32,16-37)17-39)26(36-38)20-5-10-23(18(2)14-20)27(40)19(3)31/h6-9,11,13,18,20,23,39H,3-5,10,12,14-17H2,1-2H3. The van der Waals surface area contributed by atoms with E-state index < -0.39 is 42.3 Å². The molecule has 3 aromatic rings. The van der Waals surface area contributed by atoms with E-state index in [4.69, 9.17) is 9.84 Å². The molecule has 1 N–H and O–H groups in total. The molecule has 11 heteroatoms. The van der Waals surface area contributed by atoms with Crippen molar-refractivity contribution in [2.45, 2.75) is 63.6 Å². The zero-order valence-electron chi connectivity index (χ0n) is 23.1. The summed E-state index contributed by atoms with van der Waals surface area (Å²) >= 11 is 0. The number of carbonyl (C=O) groups excluding carboxylic acids is 1. The number of nitrogens with zero attached hydrogens (tertiary/aromatic N) is 4. The second-order valence-corrected chi connectivity index (χ2v) is 11.3. The number of ketones is 1. The molecule has 1 aliphatic carbocycles. The van der Waals surface area contributed by atoms with Crippen molar-refractivity contribution in [1.29, 1.82) is 0 Å². The molecule has 1 saturated heterocycles. The number of pyridine rings is 1. The monoisotopic (exact) mass is 574 g/mol. The number of anilines is 1. The molecular formula is C30H34F4N4O3. The largest absolute Gasteiger partial charge is 0.433 e. The molecule has 41 heavy (non-hydrogen) atoms. The Hall–Kier alpha value is -3.47. The number of hydrogen-bond donors (Lipinski definition) is 1. The predicted molar refractivity (Wildman–Crippen MR) is 147 cm³/mol. The Morgan fingerprint density at radius 2 is 1.93 bits per heavy atom. The van der Waals surface area contributed by atoms with Gasteiger partial charge in [-0.2, -0.15) is 13.9 Å². The third-order valence-electron chi connectivity index (χ3n) is 8.20. The highest BCUT2D eigenvalue weighted by molar-refractivity contribution is 5.95. The van der Waals surface area contributed by atoms with E-state index in [1.807, 2.05) is 11.8 Å². The first-order valence-corrected chi connectivity index (χ1v) is 13.9. The van der Waals surface area contributed by atoms with Gasteiger partial charge in [0, 0.05) is 18.0 Å². The Bertz CT molecular complexity index is 1440. The molecular weight excluding hydrogens is 540 g/mol. The van der Waals surface area contributed by atoms with Gasteiger partial charge in [0.15, 0.2) is 22.9 Å². The number of aliphatic hydroxyl groups excluding tert-OH is 1. The van der Waals surface area contributed by atoms with Gasteiger partial charge in [-0.25, -0.2) is 18.4 Å². The van der Waals surface area contributed by atoms with Crippen molar-refractivity contribution in [1.82, 2.24) is 14.8 Å². The molecule has 0 amide bonds. The smallest absolute Gasteiger partial charge is 0.397 e. The minimum Gasteiger partial charge on any atom is -0.433 e. The fourth-order valence-electron chi connectivity index (χ4n) is 6.09. The van der Waals surface area contributed by atoms with Gasteiger partial charge in [0.25, 0.3) is 0 Å². The first-order valence-electron chi connectivity index (χ1n) is 13.9. The van der Waals surface area contributed by atoms with Gasteiger partial charge in [0.05, 0.1) is 48.6 Å². The third-order valence-corrected chi connectivity index (χ3v) is 8.20. The molecule has 1 saturated carbocycles. The van der Waals surface area contributed by atoms with Crippen LogP contribution in [0, 0.1) is 11.8 Å². The lowest BCUT2D eigenvalue weighted by Gasteiger charge is -2.45. The second kappa shape index (κ2) is 11.1. The van der Waals surface area contributed by atoms with E-state index in [0.717, 1.165) is 16.8 Å². The van der Waals surface area contributed by atoms with E-state index in [1.54, 1.807) is 36.0 Å². The number of aliphatic hydroxyl groups is 1. The molecule has 3 unspecified atom stereocenters. The average Bonchev–Trinajstić information content (AvgIpc) is 3.31. The summed E-state index contributed by atoms with van der Waals surface area (Å²) in [6, 6.07) is 7.93. The summed E-state index contributed by atoms with van der Waals surface area (Å²) in [5.74, 6) is -2.14. The topological polar surface area (TPSA) is 80.5 Å². The van der Waals surface area contributed by atoms with E-state index in [-0.39, 0.29) is 37.1 Å². The maximum absolute atomic E-state index is 14.7. The van der Waals surface area contributed by atoms with Gasteiger partial charge in [0.1, 0.15) is 5.75 Å². The van der Waals surface area contributed by atoms with E-state index in [2.05, 4.69) is 11.6 Å². The van der Waals surface area contributed by atoms with Crippen LogP contribution in [0.2, 0.25) is 0 Å². The van der Waals surface area contributed by atoms with Gasteiger partial charge in [-0.1, -0.05) is 20.4 Å². The number of halogens is 4. The number of fused-ring (bicyclic) bond motifs is 1. The molecule has 0 spiro atoms. The van der Waals surface area contributed by atoms with Crippen LogP contribution in [0.25, 0.3) is 16.7 Å². The Kier molecular flexibility index (Phi) is 7.84. The van der Waals surface area contributed by atoms with Crippen LogP contribution >= 0.6 is 0 Å². The van der Waals surface area contributed by atoms with Crippen LogP contribution in [-0.2, 0) is 4.79 Å². The van der Waals surface area contributed by atoms with Gasteiger partial charge >= 0.3 is 6.11 Å². The van der Waals surface area contributed by atoms with Crippen LogP contribution < -0.4 is 9.64 Å². The maximum Gasteiger partial charge on any atom is 0.397 e. The van der Waals surface area contributed by atoms with E-state index in [0.29, 0.717) is 30.6 Å². The van der Waals surface area contributed by atoms with Crippen molar-refractivity contribution in [3.8, 4) is 11.4 Å². The van der Waals surface area contributed by atoms with Crippen LogP contribution in [0.5, 0.6) is 5.75 Å². The number of aromatic nitrogens is 3. The van der Waals surface area contributed by atoms with Crippen LogP contribution in [0.1, 0.15) is 57.6 Å². The number of Topliss-reactive ketones (excluding diaryl/α,β-unsaturated/α-hetero) is 1. The van der Waals surface area contributed by atoms with E-state index >= 15 is 0 Å². The summed E-state index contributed by atoms with van der Waals surface area (Å²) in [6.07, 6.45) is -0.168. The summed E-state index contributed by atoms with van der Waals surface area (Å²) < 4.78 is 62.8. The molecule has 0 bridgehead atoms. The lowest BCUT2D eigenvalue weighted by atomic mass is 9.71. The zero-order chi connectivity index (χ0) is 29.5. The Balaban J connectivity index is 1.53. The average molecular weight is 575 g/mol. The first kappa shape index (κ1) is 29.0. The lowest BCUT2D eigenvalue weighted by Crippen LogP contribution is -2.61. The summed E-state index contributed by atoms with van der Waals surface area (Å²) in [5, 5.41) is 15.1. The lowest BCUT2D eigenvalue weighted by molar-refractivity contribution is -0.180. The zero-order valence-corrected chi connectivity index (χ0v) is 23.1. The maximum atomic E-state index is 14.7. The molecule has 1 aliphatic heterocycles. The normalized spacial score (nSPS) is 22.4. The van der Waals surface area contributed by atoms with Crippen molar-refractivity contribution >= 4 is 22.5 Å². The van der Waals surface area contributed by atoms with E-state index in [1.165, 1.54) is 12.1 Å². The third kappa shape index (κ3) is 5.68. The summed E-state index contributed by atoms with van der Waals surface area (Å²) in [7, 11) is 0. The molecule has 7 nitrogen and oxygen atoms in total. The number of ether oxygens (including phenoxy) is 1. The SMILES string of the molecule is C=C(F)C(=O)C1CCC(c2nn(-c3ccc(OC(F)(F)CCC)cc3)c3nccc(N4CC(F)(CO)C4)c23)CC1C. The minimum atomic E-state index is -3.28. The molecule has 5 rings (SSSR count). The molecule has 0 radical (unpaired) electrons. The first-order chi connectivity index (χ1) is 19.4. The molecule has 2 aromatic heterocycles. The van der Waals surface area contributed by atoms with Gasteiger partial charge in [-0.05, 0) is 61.9 Å². The van der Waals surface area contributed by atoms with Gasteiger partial charge in [-0.3, -0.25) is 4.79 Å². The fourth-order valence-corrected chi connectivity index (χ4v) is 6.09. The summed E-state index contributed by atoms with van der Waals surface area (Å²) in [5.41, 5.74) is 0.825. The number of allylic oxidation sites excluding steroid dienone is 1. The molecule has 1 aromatic carbocycles. The molecule has 2 fully saturated rings. The van der Waals surface area contributed by atoms with Crippen LogP contribution in [0.3, 0.4) is 0 Å². The number of alkyl halides is 3. The predicted octanol–water partition coefficient (Wildman–Crippen LogP) is 6.28. The Morgan fingerprint density at radius 1 is 1.22 bits per heavy atom. The number of hydrogen-bond acceptors (Lipinski definition) is 6. The molecule has 3 heterocycles. The number of rotatable bonds is 10. The van der Waals surface area contributed by atoms with Crippen molar-refractivity contribution < 1.29 is 32.2 Å². The van der Waals surface area contributed by atoms with Crippen LogP contribution in [0.15, 0.2) is 48.9 Å².